The first-order valence-electron chi connectivity index (χ1n) is 14.3. The van der Waals surface area contributed by atoms with Crippen LogP contribution in [-0.2, 0) is 20.0 Å². The van der Waals surface area contributed by atoms with Gasteiger partial charge in [0, 0.05) is 45.3 Å². The zero-order valence-electron chi connectivity index (χ0n) is 23.1. The molecule has 0 spiro atoms. The summed E-state index contributed by atoms with van der Waals surface area (Å²) in [4.78, 5) is 33.3. The molecular weight excluding hydrogens is 531 g/mol. The molecule has 0 radical (unpaired) electrons. The zero-order chi connectivity index (χ0) is 28.3. The first kappa shape index (κ1) is 28.5. The molecule has 10 heteroatoms. The van der Waals surface area contributed by atoms with Gasteiger partial charge in [0.1, 0.15) is 5.82 Å². The standard InChI is InChI=1S/C30H39FN4O4S/c1-23(24-7-9-26(31)10-8-24)32-28(36)30(25-5-3-2-4-6-25)13-17-35(18-14-30)29(37)34-15-11-27(12-16-34)33-19-21-40(38,39)22-20-33/h2-10,23,27H,11-22H2,1H3,(H,32,36)/t23-/m0/s1. The molecule has 0 unspecified atom stereocenters. The fourth-order valence-electron chi connectivity index (χ4n) is 6.37. The Morgan fingerprint density at radius 1 is 0.875 bits per heavy atom. The van der Waals surface area contributed by atoms with Crippen LogP contribution in [0, 0.1) is 5.82 Å². The first-order chi connectivity index (χ1) is 19.2. The molecule has 3 fully saturated rings. The number of nitrogens with zero attached hydrogens (tertiary/aromatic N) is 3. The van der Waals surface area contributed by atoms with Gasteiger partial charge in [0.05, 0.1) is 23.0 Å². The van der Waals surface area contributed by atoms with Crippen molar-refractivity contribution < 1.29 is 22.4 Å². The summed E-state index contributed by atoms with van der Waals surface area (Å²) in [6, 6.07) is 16.0. The van der Waals surface area contributed by atoms with E-state index in [4.69, 9.17) is 0 Å². The van der Waals surface area contributed by atoms with Crippen LogP contribution < -0.4 is 5.32 Å². The Bertz CT molecular complexity index is 1270. The Labute approximate surface area is 236 Å². The van der Waals surface area contributed by atoms with E-state index in [1.165, 1.54) is 12.1 Å². The SMILES string of the molecule is C[C@H](NC(=O)C1(c2ccccc2)CCN(C(=O)N2CCC(N3CCS(=O)(=O)CC3)CC2)CC1)c1ccc(F)cc1. The van der Waals surface area contributed by atoms with E-state index < -0.39 is 15.3 Å². The van der Waals surface area contributed by atoms with Crippen molar-refractivity contribution in [3.05, 3.63) is 71.5 Å². The van der Waals surface area contributed by atoms with Crippen molar-refractivity contribution in [2.24, 2.45) is 0 Å². The van der Waals surface area contributed by atoms with Crippen LogP contribution in [0.15, 0.2) is 54.6 Å². The monoisotopic (exact) mass is 570 g/mol. The number of amides is 3. The summed E-state index contributed by atoms with van der Waals surface area (Å²) in [7, 11) is -2.91. The zero-order valence-corrected chi connectivity index (χ0v) is 23.9. The van der Waals surface area contributed by atoms with Gasteiger partial charge in [-0.15, -0.1) is 0 Å². The van der Waals surface area contributed by atoms with Gasteiger partial charge in [-0.25, -0.2) is 17.6 Å². The number of benzene rings is 2. The van der Waals surface area contributed by atoms with Crippen molar-refractivity contribution in [1.82, 2.24) is 20.0 Å². The molecule has 216 valence electrons. The number of hydrogen-bond acceptors (Lipinski definition) is 5. The summed E-state index contributed by atoms with van der Waals surface area (Å²) >= 11 is 0. The summed E-state index contributed by atoms with van der Waals surface area (Å²) in [6.45, 7) is 5.33. The summed E-state index contributed by atoms with van der Waals surface area (Å²) in [5, 5.41) is 3.16. The lowest BCUT2D eigenvalue weighted by molar-refractivity contribution is -0.129. The second kappa shape index (κ2) is 11.9. The van der Waals surface area contributed by atoms with E-state index in [2.05, 4.69) is 10.2 Å². The molecule has 0 bridgehead atoms. The second-order valence-corrected chi connectivity index (χ2v) is 13.7. The lowest BCUT2D eigenvalue weighted by atomic mass is 9.71. The number of carbonyl (C=O) groups is 2. The second-order valence-electron chi connectivity index (χ2n) is 11.4. The van der Waals surface area contributed by atoms with Gasteiger partial charge in [-0.3, -0.25) is 9.69 Å². The molecule has 0 saturated carbocycles. The third-order valence-corrected chi connectivity index (χ3v) is 10.6. The van der Waals surface area contributed by atoms with Gasteiger partial charge in [-0.05, 0) is 55.9 Å². The van der Waals surface area contributed by atoms with Gasteiger partial charge in [0.25, 0.3) is 0 Å². The Kier molecular flexibility index (Phi) is 8.47. The average Bonchev–Trinajstić information content (AvgIpc) is 2.97. The minimum Gasteiger partial charge on any atom is -0.349 e. The Hall–Kier alpha value is -2.98. The van der Waals surface area contributed by atoms with Gasteiger partial charge in [-0.1, -0.05) is 42.5 Å². The molecule has 2 aromatic carbocycles. The summed E-state index contributed by atoms with van der Waals surface area (Å²) in [5.41, 5.74) is 1.02. The maximum absolute atomic E-state index is 13.8. The van der Waals surface area contributed by atoms with Crippen LogP contribution in [0.3, 0.4) is 0 Å². The minimum absolute atomic E-state index is 0.0152. The van der Waals surface area contributed by atoms with Crippen molar-refractivity contribution in [3.8, 4) is 0 Å². The number of urea groups is 1. The molecule has 3 heterocycles. The van der Waals surface area contributed by atoms with Crippen LogP contribution in [0.4, 0.5) is 9.18 Å². The van der Waals surface area contributed by atoms with Crippen LogP contribution in [0.5, 0.6) is 0 Å². The van der Waals surface area contributed by atoms with Gasteiger partial charge in [0.15, 0.2) is 9.84 Å². The van der Waals surface area contributed by atoms with Crippen molar-refractivity contribution in [2.45, 2.75) is 50.1 Å². The smallest absolute Gasteiger partial charge is 0.320 e. The van der Waals surface area contributed by atoms with Crippen molar-refractivity contribution >= 4 is 21.8 Å². The van der Waals surface area contributed by atoms with E-state index in [0.717, 1.165) is 24.0 Å². The predicted molar refractivity (Wildman–Crippen MR) is 152 cm³/mol. The number of nitrogens with one attached hydrogen (secondary N) is 1. The maximum atomic E-state index is 13.8. The van der Waals surface area contributed by atoms with Crippen LogP contribution in [0.1, 0.15) is 49.8 Å². The van der Waals surface area contributed by atoms with E-state index in [9.17, 15) is 22.4 Å². The number of hydrogen-bond donors (Lipinski definition) is 1. The van der Waals surface area contributed by atoms with E-state index in [1.54, 1.807) is 12.1 Å². The third-order valence-electron chi connectivity index (χ3n) is 9.00. The van der Waals surface area contributed by atoms with E-state index in [0.29, 0.717) is 58.2 Å². The predicted octanol–water partition coefficient (Wildman–Crippen LogP) is 3.35. The molecule has 5 rings (SSSR count). The molecule has 1 N–H and O–H groups in total. The Morgan fingerprint density at radius 2 is 1.45 bits per heavy atom. The highest BCUT2D eigenvalue weighted by molar-refractivity contribution is 7.91. The number of piperidine rings is 2. The molecule has 40 heavy (non-hydrogen) atoms. The number of carbonyl (C=O) groups excluding carboxylic acids is 2. The molecule has 0 aliphatic carbocycles. The minimum atomic E-state index is -2.91. The quantitative estimate of drug-likeness (QED) is 0.596. The molecule has 3 aliphatic rings. The molecule has 3 saturated heterocycles. The summed E-state index contributed by atoms with van der Waals surface area (Å²) < 4.78 is 37.0. The van der Waals surface area contributed by atoms with Gasteiger partial charge < -0.3 is 15.1 Å². The highest BCUT2D eigenvalue weighted by Crippen LogP contribution is 2.37. The third kappa shape index (κ3) is 6.17. The van der Waals surface area contributed by atoms with E-state index in [-0.39, 0.29) is 35.3 Å². The lowest BCUT2D eigenvalue weighted by Crippen LogP contribution is -2.57. The molecule has 8 nitrogen and oxygen atoms in total. The fraction of sp³-hybridized carbons (Fsp3) is 0.533. The highest BCUT2D eigenvalue weighted by Gasteiger charge is 2.45. The lowest BCUT2D eigenvalue weighted by Gasteiger charge is -2.44. The first-order valence-corrected chi connectivity index (χ1v) is 16.1. The average molecular weight is 571 g/mol. The largest absolute Gasteiger partial charge is 0.349 e. The van der Waals surface area contributed by atoms with Crippen LogP contribution in [0.25, 0.3) is 0 Å². The topological polar surface area (TPSA) is 90.0 Å². The van der Waals surface area contributed by atoms with Crippen molar-refractivity contribution in [1.29, 1.82) is 0 Å². The summed E-state index contributed by atoms with van der Waals surface area (Å²) in [6.07, 6.45) is 2.72. The number of halogens is 1. The van der Waals surface area contributed by atoms with Crippen LogP contribution in [0.2, 0.25) is 0 Å². The normalized spacial score (nSPS) is 22.4. The molecule has 1 atom stereocenters. The highest BCUT2D eigenvalue weighted by atomic mass is 32.2. The van der Waals surface area contributed by atoms with Gasteiger partial charge in [0.2, 0.25) is 5.91 Å². The molecule has 2 aromatic rings. The summed E-state index contributed by atoms with van der Waals surface area (Å²) in [5.74, 6) is 0.0526. The number of rotatable bonds is 5. The van der Waals surface area contributed by atoms with Crippen LogP contribution >= 0.6 is 0 Å². The van der Waals surface area contributed by atoms with Crippen molar-refractivity contribution in [3.63, 3.8) is 0 Å². The van der Waals surface area contributed by atoms with Gasteiger partial charge >= 0.3 is 6.03 Å². The molecule has 3 amide bonds. The van der Waals surface area contributed by atoms with Gasteiger partial charge in [-0.2, -0.15) is 0 Å². The van der Waals surface area contributed by atoms with E-state index >= 15 is 0 Å². The fourth-order valence-corrected chi connectivity index (χ4v) is 7.60. The van der Waals surface area contributed by atoms with E-state index in [1.807, 2.05) is 47.1 Å². The van der Waals surface area contributed by atoms with Crippen LogP contribution in [-0.4, -0.2) is 91.9 Å². The Balaban J connectivity index is 1.20. The maximum Gasteiger partial charge on any atom is 0.320 e. The van der Waals surface area contributed by atoms with Crippen molar-refractivity contribution in [2.75, 3.05) is 50.8 Å². The molecular formula is C30H39FN4O4S. The number of sulfone groups is 1. The molecule has 0 aromatic heterocycles. The number of likely N-dealkylation sites (tertiary alicyclic amines) is 2. The molecule has 3 aliphatic heterocycles. The Morgan fingerprint density at radius 3 is 2.05 bits per heavy atom.